The summed E-state index contributed by atoms with van der Waals surface area (Å²) in [5.74, 6) is 0.856. The van der Waals surface area contributed by atoms with Crippen LogP contribution in [0.25, 0.3) is 0 Å². The van der Waals surface area contributed by atoms with Crippen molar-refractivity contribution >= 4 is 29.0 Å². The van der Waals surface area contributed by atoms with E-state index in [-0.39, 0.29) is 5.91 Å². The van der Waals surface area contributed by atoms with Gasteiger partial charge in [-0.3, -0.25) is 4.79 Å². The van der Waals surface area contributed by atoms with E-state index in [0.29, 0.717) is 11.5 Å². The summed E-state index contributed by atoms with van der Waals surface area (Å²) in [6.07, 6.45) is 1.59. The van der Waals surface area contributed by atoms with Crippen molar-refractivity contribution in [1.82, 2.24) is 4.90 Å². The highest BCUT2D eigenvalue weighted by Gasteiger charge is 2.19. The van der Waals surface area contributed by atoms with E-state index in [1.807, 2.05) is 37.3 Å². The lowest BCUT2D eigenvalue weighted by Gasteiger charge is -2.35. The van der Waals surface area contributed by atoms with Crippen LogP contribution in [0.5, 0.6) is 0 Å². The molecule has 1 aliphatic rings. The number of likely N-dealkylation sites (N-methyl/N-ethyl adjacent to an activating group) is 1. The van der Waals surface area contributed by atoms with E-state index >= 15 is 0 Å². The fraction of sp³-hybridized carbons (Fsp3) is 0.320. The van der Waals surface area contributed by atoms with Crippen molar-refractivity contribution in [1.29, 1.82) is 0 Å². The number of aryl methyl sites for hydroxylation is 1. The molecule has 1 fully saturated rings. The molecule has 0 radical (unpaired) electrons. The van der Waals surface area contributed by atoms with Crippen molar-refractivity contribution in [3.63, 3.8) is 0 Å². The third-order valence-electron chi connectivity index (χ3n) is 5.73. The molecular weight excluding hydrogens is 406 g/mol. The molecule has 2 heterocycles. The molecule has 31 heavy (non-hydrogen) atoms. The van der Waals surface area contributed by atoms with Crippen LogP contribution < -0.4 is 10.2 Å². The van der Waals surface area contributed by atoms with Crippen LogP contribution in [0.3, 0.4) is 0 Å². The summed E-state index contributed by atoms with van der Waals surface area (Å²) in [5.41, 5.74) is 3.98. The molecule has 2 aromatic carbocycles. The number of benzene rings is 2. The highest BCUT2D eigenvalue weighted by Crippen LogP contribution is 2.27. The first-order valence-electron chi connectivity index (χ1n) is 10.8. The zero-order valence-corrected chi connectivity index (χ0v) is 19.0. The van der Waals surface area contributed by atoms with E-state index in [0.717, 1.165) is 49.5 Å². The third-order valence-corrected chi connectivity index (χ3v) is 6.79. The lowest BCUT2D eigenvalue weighted by atomic mass is 10.1. The largest absolute Gasteiger partial charge is 0.459 e. The first kappa shape index (κ1) is 21.5. The summed E-state index contributed by atoms with van der Waals surface area (Å²) in [6, 6.07) is 18.3. The fourth-order valence-electron chi connectivity index (χ4n) is 3.81. The van der Waals surface area contributed by atoms with Crippen LogP contribution >= 0.6 is 11.8 Å². The summed E-state index contributed by atoms with van der Waals surface area (Å²) in [7, 11) is 0. The minimum atomic E-state index is -0.207. The predicted molar refractivity (Wildman–Crippen MR) is 128 cm³/mol. The second-order valence-electron chi connectivity index (χ2n) is 7.75. The lowest BCUT2D eigenvalue weighted by Crippen LogP contribution is -2.46. The van der Waals surface area contributed by atoms with Crippen molar-refractivity contribution in [2.75, 3.05) is 42.9 Å². The highest BCUT2D eigenvalue weighted by atomic mass is 32.2. The highest BCUT2D eigenvalue weighted by molar-refractivity contribution is 7.98. The molecule has 0 atom stereocenters. The van der Waals surface area contributed by atoms with Crippen LogP contribution in [-0.4, -0.2) is 43.5 Å². The van der Waals surface area contributed by atoms with Crippen LogP contribution in [0.4, 0.5) is 11.4 Å². The van der Waals surface area contributed by atoms with E-state index in [4.69, 9.17) is 4.42 Å². The molecule has 6 heteroatoms. The zero-order valence-electron chi connectivity index (χ0n) is 18.1. The van der Waals surface area contributed by atoms with E-state index in [1.54, 1.807) is 18.0 Å². The number of carbonyl (C=O) groups excluding carboxylic acids is 1. The van der Waals surface area contributed by atoms with E-state index < -0.39 is 0 Å². The Morgan fingerprint density at radius 3 is 2.55 bits per heavy atom. The number of rotatable bonds is 7. The zero-order chi connectivity index (χ0) is 21.6. The maximum atomic E-state index is 12.9. The minimum absolute atomic E-state index is 0.207. The number of carbonyl (C=O) groups is 1. The molecule has 4 rings (SSSR count). The Kier molecular flexibility index (Phi) is 6.99. The van der Waals surface area contributed by atoms with Crippen molar-refractivity contribution in [2.24, 2.45) is 0 Å². The summed E-state index contributed by atoms with van der Waals surface area (Å²) < 4.78 is 5.53. The standard InChI is InChI=1S/C25H29N3O2S/c1-3-27-12-14-28(15-13-27)21-9-10-23(19(2)17-21)26-25(29)24-20(11-16-30-24)18-31-22-7-5-4-6-8-22/h4-11,16-17H,3,12-15,18H2,1-2H3,(H,26,29). The lowest BCUT2D eigenvalue weighted by molar-refractivity contribution is 0.0995. The van der Waals surface area contributed by atoms with Gasteiger partial charge in [-0.25, -0.2) is 0 Å². The van der Waals surface area contributed by atoms with Gasteiger partial charge in [-0.05, 0) is 55.4 Å². The van der Waals surface area contributed by atoms with E-state index in [1.165, 1.54) is 10.6 Å². The first-order chi connectivity index (χ1) is 15.1. The van der Waals surface area contributed by atoms with Gasteiger partial charge in [-0.1, -0.05) is 25.1 Å². The van der Waals surface area contributed by atoms with Crippen LogP contribution in [0.1, 0.15) is 28.6 Å². The smallest absolute Gasteiger partial charge is 0.291 e. The van der Waals surface area contributed by atoms with Gasteiger partial charge in [-0.15, -0.1) is 11.8 Å². The Hall–Kier alpha value is -2.70. The van der Waals surface area contributed by atoms with E-state index in [2.05, 4.69) is 46.3 Å². The SMILES string of the molecule is CCN1CCN(c2ccc(NC(=O)c3occc3CSc3ccccc3)c(C)c2)CC1. The molecule has 0 spiro atoms. The van der Waals surface area contributed by atoms with Crippen LogP contribution in [-0.2, 0) is 5.75 Å². The maximum absolute atomic E-state index is 12.9. The molecule has 1 N–H and O–H groups in total. The van der Waals surface area contributed by atoms with Crippen LogP contribution in [0.2, 0.25) is 0 Å². The minimum Gasteiger partial charge on any atom is -0.459 e. The molecule has 0 saturated carbocycles. The van der Waals surface area contributed by atoms with Crippen molar-refractivity contribution < 1.29 is 9.21 Å². The Morgan fingerprint density at radius 1 is 1.06 bits per heavy atom. The van der Waals surface area contributed by atoms with Gasteiger partial charge < -0.3 is 19.5 Å². The number of nitrogens with one attached hydrogen (secondary N) is 1. The molecule has 1 aromatic heterocycles. The molecular formula is C25H29N3O2S. The number of anilines is 2. The number of amides is 1. The quantitative estimate of drug-likeness (QED) is 0.512. The number of piperazine rings is 1. The second-order valence-corrected chi connectivity index (χ2v) is 8.80. The van der Waals surface area contributed by atoms with Crippen LogP contribution in [0.15, 0.2) is 70.2 Å². The van der Waals surface area contributed by atoms with Gasteiger partial charge in [0.25, 0.3) is 5.91 Å². The number of thioether (sulfide) groups is 1. The average molecular weight is 436 g/mol. The van der Waals surface area contributed by atoms with Gasteiger partial charge in [-0.2, -0.15) is 0 Å². The summed E-state index contributed by atoms with van der Waals surface area (Å²) in [4.78, 5) is 18.9. The molecule has 162 valence electrons. The van der Waals surface area contributed by atoms with Gasteiger partial charge in [0.15, 0.2) is 5.76 Å². The van der Waals surface area contributed by atoms with Gasteiger partial charge in [0, 0.05) is 53.8 Å². The fourth-order valence-corrected chi connectivity index (χ4v) is 4.71. The van der Waals surface area contributed by atoms with Gasteiger partial charge >= 0.3 is 0 Å². The summed E-state index contributed by atoms with van der Waals surface area (Å²) in [5, 5.41) is 3.03. The molecule has 0 bridgehead atoms. The number of nitrogens with zero attached hydrogens (tertiary/aromatic N) is 2. The molecule has 1 saturated heterocycles. The van der Waals surface area contributed by atoms with Gasteiger partial charge in [0.2, 0.25) is 0 Å². The predicted octanol–water partition coefficient (Wildman–Crippen LogP) is 5.27. The maximum Gasteiger partial charge on any atom is 0.291 e. The molecule has 0 aliphatic carbocycles. The molecule has 1 amide bonds. The second kappa shape index (κ2) is 10.1. The monoisotopic (exact) mass is 435 g/mol. The van der Waals surface area contributed by atoms with E-state index in [9.17, 15) is 4.79 Å². The van der Waals surface area contributed by atoms with Crippen molar-refractivity contribution in [2.45, 2.75) is 24.5 Å². The first-order valence-corrected chi connectivity index (χ1v) is 11.8. The Morgan fingerprint density at radius 2 is 1.84 bits per heavy atom. The Labute approximate surface area is 188 Å². The average Bonchev–Trinajstić information content (AvgIpc) is 3.28. The van der Waals surface area contributed by atoms with Gasteiger partial charge in [0.05, 0.1) is 6.26 Å². The topological polar surface area (TPSA) is 48.7 Å². The number of hydrogen-bond acceptors (Lipinski definition) is 5. The molecule has 0 unspecified atom stereocenters. The normalized spacial score (nSPS) is 14.6. The van der Waals surface area contributed by atoms with Crippen molar-refractivity contribution in [3.05, 3.63) is 77.7 Å². The van der Waals surface area contributed by atoms with Gasteiger partial charge in [0.1, 0.15) is 0 Å². The number of hydrogen-bond donors (Lipinski definition) is 1. The molecule has 5 nitrogen and oxygen atoms in total. The third kappa shape index (κ3) is 5.32. The Balaban J connectivity index is 1.39. The Bertz CT molecular complexity index is 1010. The number of furan rings is 1. The summed E-state index contributed by atoms with van der Waals surface area (Å²) >= 11 is 1.69. The molecule has 3 aromatic rings. The molecule has 1 aliphatic heterocycles. The van der Waals surface area contributed by atoms with Crippen molar-refractivity contribution in [3.8, 4) is 0 Å². The van der Waals surface area contributed by atoms with Crippen LogP contribution in [0, 0.1) is 6.92 Å². The summed E-state index contributed by atoms with van der Waals surface area (Å²) in [6.45, 7) is 9.61.